The van der Waals surface area contributed by atoms with E-state index < -0.39 is 5.97 Å². The lowest BCUT2D eigenvalue weighted by atomic mass is 9.83. The van der Waals surface area contributed by atoms with Crippen molar-refractivity contribution in [2.75, 3.05) is 13.2 Å². The average molecular weight is 416 g/mol. The molecule has 4 rings (SSSR count). The van der Waals surface area contributed by atoms with Crippen molar-refractivity contribution in [2.24, 2.45) is 0 Å². The monoisotopic (exact) mass is 416 g/mol. The molecule has 0 saturated carbocycles. The smallest absolute Gasteiger partial charge is 0.344 e. The van der Waals surface area contributed by atoms with E-state index in [1.807, 2.05) is 30.3 Å². The molecule has 156 valence electrons. The van der Waals surface area contributed by atoms with Crippen LogP contribution in [0.25, 0.3) is 0 Å². The zero-order valence-electron chi connectivity index (χ0n) is 16.9. The summed E-state index contributed by atoms with van der Waals surface area (Å²) in [5, 5.41) is 0. The maximum atomic E-state index is 13.4. The Labute approximate surface area is 179 Å². The summed E-state index contributed by atoms with van der Waals surface area (Å²) >= 11 is 0. The first kappa shape index (κ1) is 20.3. The van der Waals surface area contributed by atoms with E-state index in [-0.39, 0.29) is 59.4 Å². The van der Waals surface area contributed by atoms with Crippen LogP contribution < -0.4 is 9.47 Å². The van der Waals surface area contributed by atoms with E-state index in [9.17, 15) is 14.4 Å². The third kappa shape index (κ3) is 4.05. The van der Waals surface area contributed by atoms with Crippen molar-refractivity contribution in [3.05, 3.63) is 94.5 Å². The highest BCUT2D eigenvalue weighted by molar-refractivity contribution is 6.30. The molecule has 0 spiro atoms. The van der Waals surface area contributed by atoms with Gasteiger partial charge >= 0.3 is 5.97 Å². The summed E-state index contributed by atoms with van der Waals surface area (Å²) in [6.45, 7) is 1.82. The minimum atomic E-state index is -0.554. The number of carbonyl (C=O) groups excluding carboxylic acids is 3. The number of benzene rings is 3. The summed E-state index contributed by atoms with van der Waals surface area (Å²) in [6.07, 6.45) is 0. The standard InChI is InChI=1S/C25H20O6/c1-2-29-21(26)15-31-20-13-7-11-18-23(20)25(28)22-17(24(18)27)10-6-12-19(22)30-14-16-8-4-3-5-9-16/h3-13H,2,14-15H2,1H3. The van der Waals surface area contributed by atoms with Crippen LogP contribution in [0.1, 0.15) is 44.3 Å². The first-order chi connectivity index (χ1) is 15.1. The van der Waals surface area contributed by atoms with E-state index in [1.165, 1.54) is 0 Å². The van der Waals surface area contributed by atoms with Crippen molar-refractivity contribution in [3.63, 3.8) is 0 Å². The molecule has 0 fully saturated rings. The Kier molecular flexibility index (Phi) is 5.80. The van der Waals surface area contributed by atoms with Crippen molar-refractivity contribution < 1.29 is 28.6 Å². The average Bonchev–Trinajstić information content (AvgIpc) is 2.80. The molecular formula is C25H20O6. The molecular weight excluding hydrogens is 396 g/mol. The van der Waals surface area contributed by atoms with Crippen molar-refractivity contribution in [2.45, 2.75) is 13.5 Å². The molecule has 3 aromatic rings. The van der Waals surface area contributed by atoms with Crippen LogP contribution in [0.3, 0.4) is 0 Å². The molecule has 0 radical (unpaired) electrons. The van der Waals surface area contributed by atoms with Gasteiger partial charge in [0, 0.05) is 11.1 Å². The zero-order valence-corrected chi connectivity index (χ0v) is 16.9. The molecule has 0 unspecified atom stereocenters. The second kappa shape index (κ2) is 8.83. The summed E-state index contributed by atoms with van der Waals surface area (Å²) in [5.74, 6) is -0.746. The number of rotatable bonds is 7. The van der Waals surface area contributed by atoms with Gasteiger partial charge in [0.15, 0.2) is 12.4 Å². The van der Waals surface area contributed by atoms with Crippen molar-refractivity contribution in [3.8, 4) is 11.5 Å². The van der Waals surface area contributed by atoms with Gasteiger partial charge in [-0.25, -0.2) is 4.79 Å². The number of ether oxygens (including phenoxy) is 3. The van der Waals surface area contributed by atoms with Crippen LogP contribution in [-0.4, -0.2) is 30.7 Å². The van der Waals surface area contributed by atoms with Crippen molar-refractivity contribution >= 4 is 17.5 Å². The SMILES string of the molecule is CCOC(=O)COc1cccc2c1C(=O)c1c(OCc3ccccc3)cccc1C2=O. The molecule has 0 aromatic heterocycles. The molecule has 0 atom stereocenters. The fraction of sp³-hybridized carbons (Fsp3) is 0.160. The maximum absolute atomic E-state index is 13.4. The van der Waals surface area contributed by atoms with Gasteiger partial charge in [-0.15, -0.1) is 0 Å². The van der Waals surface area contributed by atoms with Crippen LogP contribution in [0.4, 0.5) is 0 Å². The minimum absolute atomic E-state index is 0.125. The van der Waals surface area contributed by atoms with E-state index in [2.05, 4.69) is 0 Å². The molecule has 1 aliphatic carbocycles. The molecule has 6 heteroatoms. The second-order valence-corrected chi connectivity index (χ2v) is 6.88. The molecule has 0 N–H and O–H groups in total. The first-order valence-electron chi connectivity index (χ1n) is 9.90. The number of fused-ring (bicyclic) bond motifs is 2. The van der Waals surface area contributed by atoms with Crippen LogP contribution in [0.15, 0.2) is 66.7 Å². The summed E-state index contributed by atoms with van der Waals surface area (Å²) in [7, 11) is 0. The third-order valence-corrected chi connectivity index (χ3v) is 4.88. The molecule has 0 aliphatic heterocycles. The molecule has 0 heterocycles. The highest BCUT2D eigenvalue weighted by Crippen LogP contribution is 2.37. The predicted octanol–water partition coefficient (Wildman–Crippen LogP) is 3.98. The van der Waals surface area contributed by atoms with Gasteiger partial charge in [-0.3, -0.25) is 9.59 Å². The van der Waals surface area contributed by atoms with Crippen LogP contribution in [-0.2, 0) is 16.1 Å². The largest absolute Gasteiger partial charge is 0.488 e. The molecule has 6 nitrogen and oxygen atoms in total. The topological polar surface area (TPSA) is 78.9 Å². The second-order valence-electron chi connectivity index (χ2n) is 6.88. The minimum Gasteiger partial charge on any atom is -0.488 e. The van der Waals surface area contributed by atoms with Gasteiger partial charge in [-0.1, -0.05) is 54.6 Å². The number of ketones is 2. The summed E-state index contributed by atoms with van der Waals surface area (Å²) in [4.78, 5) is 38.3. The quantitative estimate of drug-likeness (QED) is 0.424. The lowest BCUT2D eigenvalue weighted by Gasteiger charge is -2.22. The highest BCUT2D eigenvalue weighted by atomic mass is 16.6. The normalized spacial score (nSPS) is 12.0. The molecule has 0 amide bonds. The molecule has 0 bridgehead atoms. The Balaban J connectivity index is 1.68. The van der Waals surface area contributed by atoms with Crippen LogP contribution in [0, 0.1) is 0 Å². The van der Waals surface area contributed by atoms with Gasteiger partial charge in [-0.2, -0.15) is 0 Å². The number of esters is 1. The van der Waals surface area contributed by atoms with Gasteiger partial charge < -0.3 is 14.2 Å². The van der Waals surface area contributed by atoms with Gasteiger partial charge in [0.05, 0.1) is 17.7 Å². The van der Waals surface area contributed by atoms with E-state index in [4.69, 9.17) is 14.2 Å². The van der Waals surface area contributed by atoms with E-state index >= 15 is 0 Å². The van der Waals surface area contributed by atoms with Crippen molar-refractivity contribution in [1.82, 2.24) is 0 Å². The van der Waals surface area contributed by atoms with E-state index in [0.29, 0.717) is 5.75 Å². The predicted molar refractivity (Wildman–Crippen MR) is 113 cm³/mol. The Morgan fingerprint density at radius 2 is 1.35 bits per heavy atom. The van der Waals surface area contributed by atoms with Crippen LogP contribution in [0.5, 0.6) is 11.5 Å². The lowest BCUT2D eigenvalue weighted by molar-refractivity contribution is -0.145. The zero-order chi connectivity index (χ0) is 21.8. The summed E-state index contributed by atoms with van der Waals surface area (Å²) < 4.78 is 16.3. The highest BCUT2D eigenvalue weighted by Gasteiger charge is 2.34. The number of hydrogen-bond acceptors (Lipinski definition) is 6. The maximum Gasteiger partial charge on any atom is 0.344 e. The van der Waals surface area contributed by atoms with Gasteiger partial charge in [-0.05, 0) is 24.6 Å². The Morgan fingerprint density at radius 3 is 1.97 bits per heavy atom. The summed E-state index contributed by atoms with van der Waals surface area (Å²) in [6, 6.07) is 19.3. The lowest BCUT2D eigenvalue weighted by Crippen LogP contribution is -2.24. The summed E-state index contributed by atoms with van der Waals surface area (Å²) in [5.41, 5.74) is 1.78. The Bertz CT molecular complexity index is 1150. The van der Waals surface area contributed by atoms with Crippen LogP contribution in [0.2, 0.25) is 0 Å². The molecule has 1 aliphatic rings. The fourth-order valence-corrected chi connectivity index (χ4v) is 3.49. The number of carbonyl (C=O) groups is 3. The third-order valence-electron chi connectivity index (χ3n) is 4.88. The molecule has 0 saturated heterocycles. The van der Waals surface area contributed by atoms with Gasteiger partial charge in [0.1, 0.15) is 18.1 Å². The van der Waals surface area contributed by atoms with Crippen molar-refractivity contribution in [1.29, 1.82) is 0 Å². The first-order valence-corrected chi connectivity index (χ1v) is 9.90. The van der Waals surface area contributed by atoms with E-state index in [0.717, 1.165) is 5.56 Å². The van der Waals surface area contributed by atoms with Gasteiger partial charge in [0.25, 0.3) is 0 Å². The van der Waals surface area contributed by atoms with E-state index in [1.54, 1.807) is 43.3 Å². The fourth-order valence-electron chi connectivity index (χ4n) is 3.49. The Hall–Kier alpha value is -3.93. The molecule has 31 heavy (non-hydrogen) atoms. The molecule has 3 aromatic carbocycles. The van der Waals surface area contributed by atoms with Crippen LogP contribution >= 0.6 is 0 Å². The number of hydrogen-bond donors (Lipinski definition) is 0. The Morgan fingerprint density at radius 1 is 0.742 bits per heavy atom. The van der Waals surface area contributed by atoms with Gasteiger partial charge in [0.2, 0.25) is 5.78 Å².